The van der Waals surface area contributed by atoms with Gasteiger partial charge < -0.3 is 19.6 Å². The van der Waals surface area contributed by atoms with Crippen LogP contribution in [0.25, 0.3) is 0 Å². The van der Waals surface area contributed by atoms with Crippen LogP contribution in [0.1, 0.15) is 21.8 Å². The van der Waals surface area contributed by atoms with Crippen LogP contribution in [0.15, 0.2) is 54.6 Å². The van der Waals surface area contributed by atoms with Crippen molar-refractivity contribution in [3.05, 3.63) is 65.7 Å². The number of carboxylic acids is 1. The van der Waals surface area contributed by atoms with Crippen LogP contribution in [0.3, 0.4) is 0 Å². The SMILES string of the molecule is CN(C)C(=O)COc1ccccc1C(=O)N1CC(C(=O)O)C(c2ccccc2)C1. The van der Waals surface area contributed by atoms with Crippen molar-refractivity contribution in [3.63, 3.8) is 0 Å². The molecule has 0 saturated carbocycles. The van der Waals surface area contributed by atoms with Gasteiger partial charge >= 0.3 is 5.97 Å². The lowest BCUT2D eigenvalue weighted by Gasteiger charge is -2.19. The van der Waals surface area contributed by atoms with Crippen molar-refractivity contribution in [1.82, 2.24) is 9.80 Å². The van der Waals surface area contributed by atoms with Crippen LogP contribution in [0.4, 0.5) is 0 Å². The first-order valence-electron chi connectivity index (χ1n) is 9.37. The smallest absolute Gasteiger partial charge is 0.308 e. The average Bonchev–Trinajstić information content (AvgIpc) is 3.18. The Bertz CT molecular complexity index is 897. The third-order valence-electron chi connectivity index (χ3n) is 5.12. The number of rotatable bonds is 6. The summed E-state index contributed by atoms with van der Waals surface area (Å²) in [5.74, 6) is -2.09. The van der Waals surface area contributed by atoms with E-state index in [4.69, 9.17) is 4.74 Å². The summed E-state index contributed by atoms with van der Waals surface area (Å²) in [4.78, 5) is 39.7. The van der Waals surface area contributed by atoms with E-state index in [2.05, 4.69) is 0 Å². The molecule has 1 saturated heterocycles. The normalized spacial score (nSPS) is 18.3. The van der Waals surface area contributed by atoms with Gasteiger partial charge in [0.1, 0.15) is 5.75 Å². The summed E-state index contributed by atoms with van der Waals surface area (Å²) in [5, 5.41) is 9.66. The second-order valence-electron chi connectivity index (χ2n) is 7.25. The van der Waals surface area contributed by atoms with Crippen LogP contribution >= 0.6 is 0 Å². The molecule has 0 spiro atoms. The summed E-state index contributed by atoms with van der Waals surface area (Å²) in [6.07, 6.45) is 0. The van der Waals surface area contributed by atoms with Crippen molar-refractivity contribution in [2.24, 2.45) is 5.92 Å². The van der Waals surface area contributed by atoms with E-state index < -0.39 is 11.9 Å². The summed E-state index contributed by atoms with van der Waals surface area (Å²) in [6, 6.07) is 16.1. The Morgan fingerprint density at radius 2 is 1.69 bits per heavy atom. The number of ether oxygens (including phenoxy) is 1. The number of nitrogens with zero attached hydrogens (tertiary/aromatic N) is 2. The highest BCUT2D eigenvalue weighted by Crippen LogP contribution is 2.34. The topological polar surface area (TPSA) is 87.2 Å². The van der Waals surface area contributed by atoms with Crippen molar-refractivity contribution in [1.29, 1.82) is 0 Å². The zero-order valence-electron chi connectivity index (χ0n) is 16.4. The molecular weight excluding hydrogens is 372 g/mol. The molecule has 0 aromatic heterocycles. The molecule has 2 unspecified atom stereocenters. The number of carboxylic acid groups (broad SMARTS) is 1. The third-order valence-corrected chi connectivity index (χ3v) is 5.12. The van der Waals surface area contributed by atoms with Gasteiger partial charge in [0.05, 0.1) is 11.5 Å². The molecule has 2 aromatic carbocycles. The van der Waals surface area contributed by atoms with Crippen molar-refractivity contribution < 1.29 is 24.2 Å². The van der Waals surface area contributed by atoms with Crippen LogP contribution < -0.4 is 4.74 Å². The molecule has 2 aromatic rings. The van der Waals surface area contributed by atoms with Crippen molar-refractivity contribution in [3.8, 4) is 5.75 Å². The van der Waals surface area contributed by atoms with Gasteiger partial charge in [-0.15, -0.1) is 0 Å². The first-order valence-corrected chi connectivity index (χ1v) is 9.37. The molecular formula is C22H24N2O5. The van der Waals surface area contributed by atoms with Crippen LogP contribution in [-0.2, 0) is 9.59 Å². The monoisotopic (exact) mass is 396 g/mol. The van der Waals surface area contributed by atoms with Gasteiger partial charge in [0.15, 0.2) is 6.61 Å². The molecule has 152 valence electrons. The molecule has 1 N–H and O–H groups in total. The van der Waals surface area contributed by atoms with Crippen molar-refractivity contribution in [2.75, 3.05) is 33.8 Å². The number of likely N-dealkylation sites (N-methyl/N-ethyl adjacent to an activating group) is 1. The first-order chi connectivity index (χ1) is 13.9. The summed E-state index contributed by atoms with van der Waals surface area (Å²) in [7, 11) is 3.26. The number of hydrogen-bond donors (Lipinski definition) is 1. The zero-order chi connectivity index (χ0) is 21.0. The maximum Gasteiger partial charge on any atom is 0.308 e. The van der Waals surface area contributed by atoms with Crippen LogP contribution in [-0.4, -0.2) is 66.5 Å². The van der Waals surface area contributed by atoms with Gasteiger partial charge in [-0.05, 0) is 17.7 Å². The highest BCUT2D eigenvalue weighted by atomic mass is 16.5. The van der Waals surface area contributed by atoms with Crippen LogP contribution in [0.2, 0.25) is 0 Å². The van der Waals surface area contributed by atoms with Gasteiger partial charge in [-0.1, -0.05) is 42.5 Å². The number of amides is 2. The van der Waals surface area contributed by atoms with Gasteiger partial charge in [-0.25, -0.2) is 0 Å². The van der Waals surface area contributed by atoms with Crippen molar-refractivity contribution >= 4 is 17.8 Å². The second-order valence-corrected chi connectivity index (χ2v) is 7.25. The minimum Gasteiger partial charge on any atom is -0.483 e. The highest BCUT2D eigenvalue weighted by Gasteiger charge is 2.41. The Morgan fingerprint density at radius 1 is 1.03 bits per heavy atom. The molecule has 2 atom stereocenters. The molecule has 2 amide bonds. The fourth-order valence-electron chi connectivity index (χ4n) is 3.47. The number of likely N-dealkylation sites (tertiary alicyclic amines) is 1. The van der Waals surface area contributed by atoms with Gasteiger partial charge in [0.2, 0.25) is 0 Å². The van der Waals surface area contributed by atoms with Gasteiger partial charge in [-0.2, -0.15) is 0 Å². The van der Waals surface area contributed by atoms with E-state index in [-0.39, 0.29) is 30.9 Å². The molecule has 7 nitrogen and oxygen atoms in total. The third kappa shape index (κ3) is 4.56. The van der Waals surface area contributed by atoms with Crippen LogP contribution in [0.5, 0.6) is 5.75 Å². The van der Waals surface area contributed by atoms with E-state index >= 15 is 0 Å². The van der Waals surface area contributed by atoms with Gasteiger partial charge in [0, 0.05) is 33.1 Å². The minimum atomic E-state index is -0.921. The number of para-hydroxylation sites is 1. The minimum absolute atomic E-state index is 0.124. The second kappa shape index (κ2) is 8.77. The molecule has 0 bridgehead atoms. The maximum atomic E-state index is 13.1. The molecule has 7 heteroatoms. The molecule has 3 rings (SSSR count). The predicted octanol–water partition coefficient (Wildman–Crippen LogP) is 2.09. The molecule has 0 radical (unpaired) electrons. The quantitative estimate of drug-likeness (QED) is 0.808. The predicted molar refractivity (Wildman–Crippen MR) is 107 cm³/mol. The van der Waals surface area contributed by atoms with Crippen LogP contribution in [0, 0.1) is 5.92 Å². The molecule has 1 aliphatic rings. The molecule has 1 heterocycles. The molecule has 1 aliphatic heterocycles. The van der Waals surface area contributed by atoms with E-state index in [0.29, 0.717) is 17.9 Å². The molecule has 0 aliphatic carbocycles. The van der Waals surface area contributed by atoms with E-state index in [1.165, 1.54) is 4.90 Å². The van der Waals surface area contributed by atoms with E-state index in [0.717, 1.165) is 5.56 Å². The Labute approximate surface area is 169 Å². The van der Waals surface area contributed by atoms with Gasteiger partial charge in [0.25, 0.3) is 11.8 Å². The van der Waals surface area contributed by atoms with Gasteiger partial charge in [-0.3, -0.25) is 14.4 Å². The lowest BCUT2D eigenvalue weighted by molar-refractivity contribution is -0.141. The largest absolute Gasteiger partial charge is 0.483 e. The Kier molecular flexibility index (Phi) is 6.16. The number of aliphatic carboxylic acids is 1. The first kappa shape index (κ1) is 20.4. The molecule has 29 heavy (non-hydrogen) atoms. The Hall–Kier alpha value is -3.35. The average molecular weight is 396 g/mol. The summed E-state index contributed by atoms with van der Waals surface area (Å²) < 4.78 is 5.57. The van der Waals surface area contributed by atoms with E-state index in [9.17, 15) is 19.5 Å². The molecule has 1 fully saturated rings. The van der Waals surface area contributed by atoms with E-state index in [1.807, 2.05) is 30.3 Å². The number of benzene rings is 2. The van der Waals surface area contributed by atoms with Crippen molar-refractivity contribution in [2.45, 2.75) is 5.92 Å². The highest BCUT2D eigenvalue weighted by molar-refractivity contribution is 5.97. The van der Waals surface area contributed by atoms with E-state index in [1.54, 1.807) is 43.3 Å². The number of carbonyl (C=O) groups excluding carboxylic acids is 2. The zero-order valence-corrected chi connectivity index (χ0v) is 16.4. The lowest BCUT2D eigenvalue weighted by atomic mass is 9.89. The lowest BCUT2D eigenvalue weighted by Crippen LogP contribution is -2.31. The Balaban J connectivity index is 1.80. The maximum absolute atomic E-state index is 13.1. The summed E-state index contributed by atoms with van der Waals surface area (Å²) >= 11 is 0. The number of hydrogen-bond acceptors (Lipinski definition) is 4. The standard InChI is InChI=1S/C22H24N2O5/c1-23(2)20(25)14-29-19-11-7-6-10-16(19)21(26)24-12-17(18(13-24)22(27)28)15-8-4-3-5-9-15/h3-11,17-18H,12-14H2,1-2H3,(H,27,28). The fourth-order valence-corrected chi connectivity index (χ4v) is 3.47. The Morgan fingerprint density at radius 3 is 2.34 bits per heavy atom. The number of carbonyl (C=O) groups is 3. The summed E-state index contributed by atoms with van der Waals surface area (Å²) in [6.45, 7) is 0.255. The summed E-state index contributed by atoms with van der Waals surface area (Å²) in [5.41, 5.74) is 1.22. The fraction of sp³-hybridized carbons (Fsp3) is 0.318.